The first-order chi connectivity index (χ1) is 12.0. The van der Waals surface area contributed by atoms with E-state index in [1.807, 2.05) is 48.0 Å². The van der Waals surface area contributed by atoms with Crippen molar-refractivity contribution in [2.24, 2.45) is 0 Å². The van der Waals surface area contributed by atoms with Crippen LogP contribution in [-0.4, -0.2) is 14.9 Å². The minimum atomic E-state index is 0.569. The Balaban J connectivity index is 1.74. The molecule has 0 aliphatic heterocycles. The molecule has 0 fully saturated rings. The van der Waals surface area contributed by atoms with Gasteiger partial charge in [0, 0.05) is 5.69 Å². The number of para-hydroxylation sites is 1. The Kier molecular flexibility index (Phi) is 5.14. The number of benzene rings is 2. The third-order valence-electron chi connectivity index (χ3n) is 4.19. The molecule has 1 aromatic heterocycles. The Morgan fingerprint density at radius 2 is 1.64 bits per heavy atom. The Hall–Kier alpha value is -2.66. The standard InChI is InChI=1S/C20H22N4S/c1-14-9-7-8-12-18(14)21-20(25)22-19-15(2)23-24(16(19)3)13-17-10-5-4-6-11-17/h4-12H,13H2,1-3H3,(H2,21,22,25). The summed E-state index contributed by atoms with van der Waals surface area (Å²) in [5.41, 5.74) is 6.34. The van der Waals surface area contributed by atoms with E-state index < -0.39 is 0 Å². The average molecular weight is 350 g/mol. The Morgan fingerprint density at radius 3 is 2.36 bits per heavy atom. The molecule has 128 valence electrons. The van der Waals surface area contributed by atoms with E-state index in [9.17, 15) is 0 Å². The van der Waals surface area contributed by atoms with Crippen molar-refractivity contribution in [3.8, 4) is 0 Å². The van der Waals surface area contributed by atoms with Crippen LogP contribution in [0.2, 0.25) is 0 Å². The molecule has 0 aliphatic carbocycles. The lowest BCUT2D eigenvalue weighted by atomic mass is 10.2. The summed E-state index contributed by atoms with van der Waals surface area (Å²) in [5.74, 6) is 0. The summed E-state index contributed by atoms with van der Waals surface area (Å²) < 4.78 is 2.00. The molecule has 0 saturated heterocycles. The number of aromatic nitrogens is 2. The van der Waals surface area contributed by atoms with Gasteiger partial charge in [0.25, 0.3) is 0 Å². The van der Waals surface area contributed by atoms with E-state index in [0.29, 0.717) is 5.11 Å². The average Bonchev–Trinajstić information content (AvgIpc) is 2.85. The summed E-state index contributed by atoms with van der Waals surface area (Å²) in [4.78, 5) is 0. The van der Waals surface area contributed by atoms with Crippen molar-refractivity contribution in [1.82, 2.24) is 9.78 Å². The van der Waals surface area contributed by atoms with E-state index in [2.05, 4.69) is 47.8 Å². The largest absolute Gasteiger partial charge is 0.332 e. The summed E-state index contributed by atoms with van der Waals surface area (Å²) in [6, 6.07) is 18.4. The lowest BCUT2D eigenvalue weighted by Gasteiger charge is -2.13. The smallest absolute Gasteiger partial charge is 0.175 e. The summed E-state index contributed by atoms with van der Waals surface area (Å²) in [6.07, 6.45) is 0. The minimum absolute atomic E-state index is 0.569. The third kappa shape index (κ3) is 4.06. The molecule has 0 bridgehead atoms. The molecular formula is C20H22N4S. The fourth-order valence-electron chi connectivity index (χ4n) is 2.77. The number of rotatable bonds is 4. The van der Waals surface area contributed by atoms with Crippen LogP contribution in [0.3, 0.4) is 0 Å². The van der Waals surface area contributed by atoms with Crippen LogP contribution < -0.4 is 10.6 Å². The van der Waals surface area contributed by atoms with E-state index in [1.165, 1.54) is 5.56 Å². The van der Waals surface area contributed by atoms with E-state index >= 15 is 0 Å². The zero-order valence-corrected chi connectivity index (χ0v) is 15.5. The molecule has 0 saturated carbocycles. The van der Waals surface area contributed by atoms with Crippen LogP contribution >= 0.6 is 12.2 Å². The third-order valence-corrected chi connectivity index (χ3v) is 4.39. The second kappa shape index (κ2) is 7.49. The molecule has 0 radical (unpaired) electrons. The summed E-state index contributed by atoms with van der Waals surface area (Å²) in [5, 5.41) is 11.8. The summed E-state index contributed by atoms with van der Waals surface area (Å²) in [7, 11) is 0. The maximum Gasteiger partial charge on any atom is 0.175 e. The zero-order valence-electron chi connectivity index (χ0n) is 14.7. The predicted molar refractivity (Wildman–Crippen MR) is 108 cm³/mol. The van der Waals surface area contributed by atoms with Crippen molar-refractivity contribution >= 4 is 28.7 Å². The molecule has 3 rings (SSSR count). The van der Waals surface area contributed by atoms with E-state index in [1.54, 1.807) is 0 Å². The summed E-state index contributed by atoms with van der Waals surface area (Å²) >= 11 is 5.48. The molecule has 0 amide bonds. The first-order valence-electron chi connectivity index (χ1n) is 8.26. The van der Waals surface area contributed by atoms with Gasteiger partial charge in [0.1, 0.15) is 0 Å². The fraction of sp³-hybridized carbons (Fsp3) is 0.200. The van der Waals surface area contributed by atoms with Gasteiger partial charge in [0.2, 0.25) is 0 Å². The van der Waals surface area contributed by atoms with Crippen molar-refractivity contribution in [3.63, 3.8) is 0 Å². The van der Waals surface area contributed by atoms with Crippen molar-refractivity contribution in [1.29, 1.82) is 0 Å². The molecular weight excluding hydrogens is 328 g/mol. The van der Waals surface area contributed by atoms with Crippen molar-refractivity contribution in [2.75, 3.05) is 10.6 Å². The molecule has 5 heteroatoms. The normalized spacial score (nSPS) is 10.5. The highest BCUT2D eigenvalue weighted by Crippen LogP contribution is 2.21. The molecule has 0 unspecified atom stereocenters. The Morgan fingerprint density at radius 1 is 0.960 bits per heavy atom. The molecule has 1 heterocycles. The topological polar surface area (TPSA) is 41.9 Å². The number of anilines is 2. The van der Waals surface area contributed by atoms with Crippen molar-refractivity contribution in [3.05, 3.63) is 77.1 Å². The number of hydrogen-bond donors (Lipinski definition) is 2. The van der Waals surface area contributed by atoms with Crippen molar-refractivity contribution in [2.45, 2.75) is 27.3 Å². The molecule has 2 aromatic carbocycles. The number of aryl methyl sites for hydroxylation is 2. The van der Waals surface area contributed by atoms with Gasteiger partial charge < -0.3 is 10.6 Å². The van der Waals surface area contributed by atoms with E-state index in [0.717, 1.165) is 34.9 Å². The zero-order chi connectivity index (χ0) is 17.8. The van der Waals surface area contributed by atoms with E-state index in [4.69, 9.17) is 12.2 Å². The molecule has 0 spiro atoms. The maximum atomic E-state index is 5.48. The monoisotopic (exact) mass is 350 g/mol. The first kappa shape index (κ1) is 17.2. The molecule has 2 N–H and O–H groups in total. The number of hydrogen-bond acceptors (Lipinski definition) is 2. The van der Waals surface area contributed by atoms with Gasteiger partial charge in [0.05, 0.1) is 23.6 Å². The Labute approximate surface area is 153 Å². The van der Waals surface area contributed by atoms with Crippen LogP contribution in [0.4, 0.5) is 11.4 Å². The van der Waals surface area contributed by atoms with Gasteiger partial charge in [-0.25, -0.2) is 0 Å². The highest BCUT2D eigenvalue weighted by Gasteiger charge is 2.13. The van der Waals surface area contributed by atoms with Crippen LogP contribution in [0.5, 0.6) is 0 Å². The first-order valence-corrected chi connectivity index (χ1v) is 8.67. The van der Waals surface area contributed by atoms with Gasteiger partial charge in [-0.2, -0.15) is 5.10 Å². The van der Waals surface area contributed by atoms with Crippen LogP contribution in [0, 0.1) is 20.8 Å². The number of nitrogens with one attached hydrogen (secondary N) is 2. The molecule has 25 heavy (non-hydrogen) atoms. The van der Waals surface area contributed by atoms with Gasteiger partial charge in [-0.15, -0.1) is 0 Å². The number of thiocarbonyl (C=S) groups is 1. The van der Waals surface area contributed by atoms with Gasteiger partial charge in [-0.3, -0.25) is 4.68 Å². The highest BCUT2D eigenvalue weighted by molar-refractivity contribution is 7.80. The predicted octanol–water partition coefficient (Wildman–Crippen LogP) is 4.67. The molecule has 0 atom stereocenters. The molecule has 3 aromatic rings. The van der Waals surface area contributed by atoms with Gasteiger partial charge in [-0.1, -0.05) is 48.5 Å². The van der Waals surface area contributed by atoms with Crippen LogP contribution in [0.25, 0.3) is 0 Å². The molecule has 4 nitrogen and oxygen atoms in total. The van der Waals surface area contributed by atoms with Gasteiger partial charge in [0.15, 0.2) is 5.11 Å². The second-order valence-electron chi connectivity index (χ2n) is 6.08. The highest BCUT2D eigenvalue weighted by atomic mass is 32.1. The lowest BCUT2D eigenvalue weighted by molar-refractivity contribution is 0.659. The lowest BCUT2D eigenvalue weighted by Crippen LogP contribution is -2.20. The maximum absolute atomic E-state index is 5.48. The van der Waals surface area contributed by atoms with Crippen molar-refractivity contribution < 1.29 is 0 Å². The Bertz CT molecular complexity index is 884. The summed E-state index contributed by atoms with van der Waals surface area (Å²) in [6.45, 7) is 6.85. The van der Waals surface area contributed by atoms with Crippen LogP contribution in [0.1, 0.15) is 22.5 Å². The molecule has 0 aliphatic rings. The van der Waals surface area contributed by atoms with Crippen LogP contribution in [-0.2, 0) is 6.54 Å². The number of nitrogens with zero attached hydrogens (tertiary/aromatic N) is 2. The van der Waals surface area contributed by atoms with Gasteiger partial charge in [-0.05, 0) is 50.2 Å². The van der Waals surface area contributed by atoms with Crippen LogP contribution in [0.15, 0.2) is 54.6 Å². The quantitative estimate of drug-likeness (QED) is 0.671. The minimum Gasteiger partial charge on any atom is -0.332 e. The van der Waals surface area contributed by atoms with E-state index in [-0.39, 0.29) is 0 Å². The van der Waals surface area contributed by atoms with Gasteiger partial charge >= 0.3 is 0 Å². The SMILES string of the molecule is Cc1ccccc1NC(=S)Nc1c(C)nn(Cc2ccccc2)c1C. The second-order valence-corrected chi connectivity index (χ2v) is 6.49. The fourth-order valence-corrected chi connectivity index (χ4v) is 2.98.